The Morgan fingerprint density at radius 3 is 2.30 bits per heavy atom. The smallest absolute Gasteiger partial charge is 0.282 e. The highest BCUT2D eigenvalue weighted by atomic mass is 32.2. The van der Waals surface area contributed by atoms with E-state index in [1.54, 1.807) is 6.07 Å². The van der Waals surface area contributed by atoms with E-state index in [0.29, 0.717) is 5.39 Å². The molecule has 0 fully saturated rings. The lowest BCUT2D eigenvalue weighted by molar-refractivity contribution is 0.484. The van der Waals surface area contributed by atoms with Crippen molar-refractivity contribution in [1.29, 1.82) is 0 Å². The Morgan fingerprint density at radius 2 is 1.70 bits per heavy atom. The van der Waals surface area contributed by atoms with Gasteiger partial charge in [-0.1, -0.05) is 44.9 Å². The summed E-state index contributed by atoms with van der Waals surface area (Å²) in [6.45, 7) is 4.20. The first-order valence-electron chi connectivity index (χ1n) is 6.99. The summed E-state index contributed by atoms with van der Waals surface area (Å²) in [7, 11) is -4.19. The van der Waals surface area contributed by atoms with Crippen LogP contribution in [0.15, 0.2) is 35.2 Å². The van der Waals surface area contributed by atoms with Gasteiger partial charge in [-0.3, -0.25) is 4.55 Å². The number of aryl methyl sites for hydroxylation is 2. The Kier molecular flexibility index (Phi) is 4.45. The van der Waals surface area contributed by atoms with Crippen LogP contribution in [0.5, 0.6) is 0 Å². The molecule has 1 N–H and O–H groups in total. The van der Waals surface area contributed by atoms with Crippen molar-refractivity contribution in [2.45, 2.75) is 44.4 Å². The quantitative estimate of drug-likeness (QED) is 0.848. The van der Waals surface area contributed by atoms with E-state index in [9.17, 15) is 13.0 Å². The van der Waals surface area contributed by atoms with Gasteiger partial charge >= 0.3 is 0 Å². The van der Waals surface area contributed by atoms with Crippen molar-refractivity contribution in [3.8, 4) is 0 Å². The monoisotopic (exact) mass is 292 g/mol. The van der Waals surface area contributed by atoms with E-state index in [0.717, 1.165) is 42.2 Å². The molecular weight excluding hydrogens is 272 g/mol. The third kappa shape index (κ3) is 3.02. The second kappa shape index (κ2) is 5.94. The van der Waals surface area contributed by atoms with E-state index in [2.05, 4.69) is 19.9 Å². The third-order valence-corrected chi connectivity index (χ3v) is 4.35. The highest BCUT2D eigenvalue weighted by Gasteiger charge is 2.15. The van der Waals surface area contributed by atoms with Gasteiger partial charge in [-0.15, -0.1) is 0 Å². The standard InChI is InChI=1S/C16H20O3S/c1-3-6-12-10-13(7-4-2)14-8-5-9-16(15(14)11-12)20(17,18)19/h5,8-11H,3-4,6-7H2,1-2H3,(H,17,18,19). The zero-order valence-corrected chi connectivity index (χ0v) is 12.7. The summed E-state index contributed by atoms with van der Waals surface area (Å²) in [4.78, 5) is 0.00491. The van der Waals surface area contributed by atoms with Crippen LogP contribution in [0.25, 0.3) is 10.8 Å². The summed E-state index contributed by atoms with van der Waals surface area (Å²) >= 11 is 0. The molecule has 0 amide bonds. The summed E-state index contributed by atoms with van der Waals surface area (Å²) < 4.78 is 32.5. The Morgan fingerprint density at radius 1 is 1.00 bits per heavy atom. The molecular formula is C16H20O3S. The highest BCUT2D eigenvalue weighted by Crippen LogP contribution is 2.28. The number of hydrogen-bond acceptors (Lipinski definition) is 2. The lowest BCUT2D eigenvalue weighted by atomic mass is 9.96. The average molecular weight is 292 g/mol. The van der Waals surface area contributed by atoms with Crippen molar-refractivity contribution < 1.29 is 13.0 Å². The van der Waals surface area contributed by atoms with Crippen LogP contribution in [0.1, 0.15) is 37.8 Å². The number of fused-ring (bicyclic) bond motifs is 1. The van der Waals surface area contributed by atoms with Crippen molar-refractivity contribution in [1.82, 2.24) is 0 Å². The normalized spacial score (nSPS) is 11.9. The molecule has 0 aliphatic rings. The Bertz CT molecular complexity index is 718. The van der Waals surface area contributed by atoms with E-state index < -0.39 is 10.1 Å². The first-order chi connectivity index (χ1) is 9.47. The number of rotatable bonds is 5. The van der Waals surface area contributed by atoms with Crippen LogP contribution < -0.4 is 0 Å². The van der Waals surface area contributed by atoms with Crippen LogP contribution in [0.4, 0.5) is 0 Å². The van der Waals surface area contributed by atoms with Crippen LogP contribution in [-0.4, -0.2) is 13.0 Å². The SMILES string of the molecule is CCCc1cc(CCC)c2cccc(S(=O)(=O)O)c2c1. The topological polar surface area (TPSA) is 54.4 Å². The molecule has 2 rings (SSSR count). The Labute approximate surface area is 120 Å². The molecule has 0 saturated heterocycles. The second-order valence-electron chi connectivity index (χ2n) is 5.08. The summed E-state index contributed by atoms with van der Waals surface area (Å²) in [5.74, 6) is 0. The van der Waals surface area contributed by atoms with E-state index in [4.69, 9.17) is 0 Å². The average Bonchev–Trinajstić information content (AvgIpc) is 2.37. The number of hydrogen-bond donors (Lipinski definition) is 1. The minimum Gasteiger partial charge on any atom is -0.282 e. The molecule has 108 valence electrons. The minimum atomic E-state index is -4.19. The van der Waals surface area contributed by atoms with Crippen LogP contribution in [0, 0.1) is 0 Å². The summed E-state index contributed by atoms with van der Waals surface area (Å²) in [5, 5.41) is 1.55. The molecule has 0 atom stereocenters. The fraction of sp³-hybridized carbons (Fsp3) is 0.375. The lowest BCUT2D eigenvalue weighted by Gasteiger charge is -2.11. The van der Waals surface area contributed by atoms with Crippen LogP contribution in [-0.2, 0) is 23.0 Å². The van der Waals surface area contributed by atoms with Gasteiger partial charge in [0.2, 0.25) is 0 Å². The van der Waals surface area contributed by atoms with E-state index >= 15 is 0 Å². The maximum atomic E-state index is 11.5. The molecule has 0 heterocycles. The first-order valence-corrected chi connectivity index (χ1v) is 8.43. The lowest BCUT2D eigenvalue weighted by Crippen LogP contribution is -2.01. The van der Waals surface area contributed by atoms with Crippen molar-refractivity contribution in [3.05, 3.63) is 41.5 Å². The largest absolute Gasteiger partial charge is 0.295 e. The predicted octanol–water partition coefficient (Wildman–Crippen LogP) is 3.99. The maximum Gasteiger partial charge on any atom is 0.295 e. The van der Waals surface area contributed by atoms with Gasteiger partial charge in [-0.2, -0.15) is 8.42 Å². The molecule has 2 aromatic rings. The van der Waals surface area contributed by atoms with Crippen LogP contribution in [0.3, 0.4) is 0 Å². The zero-order valence-electron chi connectivity index (χ0n) is 11.9. The molecule has 0 spiro atoms. The van der Waals surface area contributed by atoms with Crippen molar-refractivity contribution >= 4 is 20.9 Å². The molecule has 0 radical (unpaired) electrons. The second-order valence-corrected chi connectivity index (χ2v) is 6.47. The first kappa shape index (κ1) is 15.0. The highest BCUT2D eigenvalue weighted by molar-refractivity contribution is 7.86. The predicted molar refractivity (Wildman–Crippen MR) is 81.8 cm³/mol. The fourth-order valence-corrected chi connectivity index (χ4v) is 3.33. The molecule has 2 aromatic carbocycles. The van der Waals surface area contributed by atoms with E-state index in [-0.39, 0.29) is 4.90 Å². The van der Waals surface area contributed by atoms with E-state index in [1.165, 1.54) is 6.07 Å². The summed E-state index contributed by atoms with van der Waals surface area (Å²) in [6, 6.07) is 9.11. The molecule has 20 heavy (non-hydrogen) atoms. The third-order valence-electron chi connectivity index (χ3n) is 3.44. The van der Waals surface area contributed by atoms with Gasteiger partial charge in [0.15, 0.2) is 0 Å². The van der Waals surface area contributed by atoms with Gasteiger partial charge in [0.25, 0.3) is 10.1 Å². The zero-order chi connectivity index (χ0) is 14.8. The van der Waals surface area contributed by atoms with Gasteiger partial charge in [0.05, 0.1) is 0 Å². The van der Waals surface area contributed by atoms with Gasteiger partial charge < -0.3 is 0 Å². The number of benzene rings is 2. The summed E-state index contributed by atoms with van der Waals surface area (Å²) in [6.07, 6.45) is 3.82. The van der Waals surface area contributed by atoms with Crippen LogP contribution >= 0.6 is 0 Å². The molecule has 0 saturated carbocycles. The molecule has 0 bridgehead atoms. The van der Waals surface area contributed by atoms with Gasteiger partial charge in [0, 0.05) is 5.39 Å². The minimum absolute atomic E-state index is 0.00491. The maximum absolute atomic E-state index is 11.5. The molecule has 4 heteroatoms. The van der Waals surface area contributed by atoms with E-state index in [1.807, 2.05) is 12.1 Å². The van der Waals surface area contributed by atoms with Crippen molar-refractivity contribution in [2.75, 3.05) is 0 Å². The molecule has 0 unspecified atom stereocenters. The Hall–Kier alpha value is -1.39. The van der Waals surface area contributed by atoms with Gasteiger partial charge in [-0.25, -0.2) is 0 Å². The summed E-state index contributed by atoms with van der Waals surface area (Å²) in [5.41, 5.74) is 2.28. The molecule has 0 aromatic heterocycles. The fourth-order valence-electron chi connectivity index (χ4n) is 2.64. The van der Waals surface area contributed by atoms with Crippen molar-refractivity contribution in [2.24, 2.45) is 0 Å². The molecule has 3 nitrogen and oxygen atoms in total. The van der Waals surface area contributed by atoms with Gasteiger partial charge in [-0.05, 0) is 41.5 Å². The van der Waals surface area contributed by atoms with Gasteiger partial charge in [0.1, 0.15) is 4.90 Å². The van der Waals surface area contributed by atoms with Crippen molar-refractivity contribution in [3.63, 3.8) is 0 Å². The Balaban J connectivity index is 2.79. The molecule has 0 aliphatic heterocycles. The molecule has 0 aliphatic carbocycles. The van der Waals surface area contributed by atoms with Crippen LogP contribution in [0.2, 0.25) is 0 Å².